The predicted octanol–water partition coefficient (Wildman–Crippen LogP) is 6.03. The van der Waals surface area contributed by atoms with E-state index in [1.54, 1.807) is 0 Å². The Morgan fingerprint density at radius 1 is 0.808 bits per heavy atom. The molecule has 2 N–H and O–H groups in total. The van der Waals surface area contributed by atoms with Gasteiger partial charge in [-0.05, 0) is 48.0 Å². The lowest BCUT2D eigenvalue weighted by Gasteiger charge is -2.14. The van der Waals surface area contributed by atoms with Gasteiger partial charge in [0.2, 0.25) is 0 Å². The molecule has 7 heteroatoms. The van der Waals surface area contributed by atoms with E-state index in [0.29, 0.717) is 11.8 Å². The Morgan fingerprint density at radius 2 is 1.54 bits per heavy atom. The highest BCUT2D eigenvalue weighted by atomic mass is 19.4. The summed E-state index contributed by atoms with van der Waals surface area (Å²) in [5, 5.41) is 0. The van der Waals surface area contributed by atoms with Crippen molar-refractivity contribution in [3.05, 3.63) is 77.9 Å². The van der Waals surface area contributed by atoms with Crippen molar-refractivity contribution in [2.45, 2.75) is 6.18 Å². The second kappa shape index (κ2) is 6.67. The lowest BCUT2D eigenvalue weighted by Crippen LogP contribution is -2.04. The molecule has 0 heterocycles. The van der Waals surface area contributed by atoms with Crippen LogP contribution in [0.2, 0.25) is 0 Å². The third-order valence-electron chi connectivity index (χ3n) is 3.62. The highest BCUT2D eigenvalue weighted by Crippen LogP contribution is 2.38. The lowest BCUT2D eigenvalue weighted by molar-refractivity contribution is -0.137. The molecule has 0 radical (unpaired) electrons. The maximum atomic E-state index is 13.8. The molecule has 0 spiro atoms. The van der Waals surface area contributed by atoms with E-state index in [4.69, 9.17) is 10.5 Å². The van der Waals surface area contributed by atoms with Crippen LogP contribution < -0.4 is 10.5 Å². The fraction of sp³-hybridized carbons (Fsp3) is 0.0526. The van der Waals surface area contributed by atoms with Crippen LogP contribution in [-0.2, 0) is 6.18 Å². The average Bonchev–Trinajstić information content (AvgIpc) is 2.58. The predicted molar refractivity (Wildman–Crippen MR) is 87.7 cm³/mol. The number of benzene rings is 3. The van der Waals surface area contributed by atoms with Crippen molar-refractivity contribution in [1.29, 1.82) is 0 Å². The molecule has 0 fully saturated rings. The molecule has 134 valence electrons. The lowest BCUT2D eigenvalue weighted by atomic mass is 10.0. The third kappa shape index (κ3) is 3.77. The number of nitrogen functional groups attached to an aromatic ring is 1. The first-order valence-corrected chi connectivity index (χ1v) is 7.44. The van der Waals surface area contributed by atoms with Gasteiger partial charge in [-0.15, -0.1) is 0 Å². The zero-order chi connectivity index (χ0) is 18.9. The van der Waals surface area contributed by atoms with E-state index in [1.165, 1.54) is 30.3 Å². The fourth-order valence-electron chi connectivity index (χ4n) is 2.40. The molecule has 0 aliphatic carbocycles. The van der Waals surface area contributed by atoms with Crippen LogP contribution in [-0.4, -0.2) is 0 Å². The molecule has 3 rings (SSSR count). The molecular formula is C19H12F5NO. The summed E-state index contributed by atoms with van der Waals surface area (Å²) in [6.07, 6.45) is -4.51. The van der Waals surface area contributed by atoms with Crippen LogP contribution in [0.1, 0.15) is 5.56 Å². The number of alkyl halides is 3. The number of halogens is 5. The van der Waals surface area contributed by atoms with Crippen LogP contribution in [0.5, 0.6) is 11.5 Å². The van der Waals surface area contributed by atoms with Crippen LogP contribution in [0, 0.1) is 11.6 Å². The van der Waals surface area contributed by atoms with Gasteiger partial charge in [0.05, 0.1) is 5.56 Å². The minimum absolute atomic E-state index is 0.0871. The van der Waals surface area contributed by atoms with Gasteiger partial charge in [0.25, 0.3) is 0 Å². The van der Waals surface area contributed by atoms with Gasteiger partial charge in [0, 0.05) is 17.3 Å². The van der Waals surface area contributed by atoms with Gasteiger partial charge >= 0.3 is 6.18 Å². The number of hydrogen-bond donors (Lipinski definition) is 1. The number of rotatable bonds is 3. The van der Waals surface area contributed by atoms with Gasteiger partial charge in [-0.3, -0.25) is 0 Å². The van der Waals surface area contributed by atoms with E-state index in [0.717, 1.165) is 24.3 Å². The van der Waals surface area contributed by atoms with E-state index in [2.05, 4.69) is 0 Å². The topological polar surface area (TPSA) is 35.2 Å². The summed E-state index contributed by atoms with van der Waals surface area (Å²) in [7, 11) is 0. The maximum Gasteiger partial charge on any atom is 0.416 e. The molecule has 0 amide bonds. The van der Waals surface area contributed by atoms with Crippen LogP contribution in [0.15, 0.2) is 60.7 Å². The highest BCUT2D eigenvalue weighted by molar-refractivity contribution is 5.75. The quantitative estimate of drug-likeness (QED) is 0.455. The molecule has 0 bridgehead atoms. The minimum Gasteiger partial charge on any atom is -0.454 e. The Bertz CT molecular complexity index is 953. The summed E-state index contributed by atoms with van der Waals surface area (Å²) < 4.78 is 71.2. The number of nitrogens with two attached hydrogens (primary N) is 1. The first kappa shape index (κ1) is 17.7. The van der Waals surface area contributed by atoms with Crippen molar-refractivity contribution in [1.82, 2.24) is 0 Å². The van der Waals surface area contributed by atoms with Crippen molar-refractivity contribution in [3.63, 3.8) is 0 Å². The van der Waals surface area contributed by atoms with E-state index < -0.39 is 23.4 Å². The van der Waals surface area contributed by atoms with Gasteiger partial charge in [0.15, 0.2) is 11.6 Å². The van der Waals surface area contributed by atoms with Crippen LogP contribution >= 0.6 is 0 Å². The molecule has 2 nitrogen and oxygen atoms in total. The van der Waals surface area contributed by atoms with Crippen molar-refractivity contribution >= 4 is 5.69 Å². The summed E-state index contributed by atoms with van der Waals surface area (Å²) in [5.74, 6) is -1.88. The standard InChI is InChI=1S/C19H12F5NO/c20-13-4-6-18(16(21)9-13)26-17-7-5-14(25)10-15(17)11-2-1-3-12(8-11)19(22,23)24/h1-10H,25H2. The number of hydrogen-bond acceptors (Lipinski definition) is 2. The molecule has 26 heavy (non-hydrogen) atoms. The van der Waals surface area contributed by atoms with E-state index >= 15 is 0 Å². The Balaban J connectivity index is 2.07. The highest BCUT2D eigenvalue weighted by Gasteiger charge is 2.30. The van der Waals surface area contributed by atoms with Gasteiger partial charge in [-0.2, -0.15) is 13.2 Å². The summed E-state index contributed by atoms with van der Waals surface area (Å²) in [5.41, 5.74) is 5.64. The first-order valence-electron chi connectivity index (χ1n) is 7.44. The number of ether oxygens (including phenoxy) is 1. The molecule has 0 saturated heterocycles. The van der Waals surface area contributed by atoms with Gasteiger partial charge in [-0.1, -0.05) is 12.1 Å². The third-order valence-corrected chi connectivity index (χ3v) is 3.62. The van der Waals surface area contributed by atoms with Crippen LogP contribution in [0.3, 0.4) is 0 Å². The van der Waals surface area contributed by atoms with E-state index in [-0.39, 0.29) is 22.6 Å². The fourth-order valence-corrected chi connectivity index (χ4v) is 2.40. The van der Waals surface area contributed by atoms with Crippen molar-refractivity contribution in [2.24, 2.45) is 0 Å². The molecule has 0 aromatic heterocycles. The van der Waals surface area contributed by atoms with E-state index in [1.807, 2.05) is 0 Å². The van der Waals surface area contributed by atoms with Gasteiger partial charge in [-0.25, -0.2) is 8.78 Å². The van der Waals surface area contributed by atoms with E-state index in [9.17, 15) is 22.0 Å². The Labute approximate surface area is 145 Å². The zero-order valence-electron chi connectivity index (χ0n) is 13.1. The zero-order valence-corrected chi connectivity index (χ0v) is 13.1. The summed E-state index contributed by atoms with van der Waals surface area (Å²) in [4.78, 5) is 0. The maximum absolute atomic E-state index is 13.8. The monoisotopic (exact) mass is 365 g/mol. The normalized spacial score (nSPS) is 11.4. The summed E-state index contributed by atoms with van der Waals surface area (Å²) >= 11 is 0. The minimum atomic E-state index is -4.51. The molecule has 3 aromatic rings. The Kier molecular flexibility index (Phi) is 4.54. The Morgan fingerprint density at radius 3 is 2.23 bits per heavy atom. The Hall–Kier alpha value is -3.09. The summed E-state index contributed by atoms with van der Waals surface area (Å²) in [6, 6.07) is 11.7. The molecule has 0 aliphatic rings. The SMILES string of the molecule is Nc1ccc(Oc2ccc(F)cc2F)c(-c2cccc(C(F)(F)F)c2)c1. The second-order valence-corrected chi connectivity index (χ2v) is 5.51. The van der Waals surface area contributed by atoms with Crippen molar-refractivity contribution in [3.8, 4) is 22.6 Å². The van der Waals surface area contributed by atoms with Gasteiger partial charge in [0.1, 0.15) is 11.6 Å². The molecular weight excluding hydrogens is 353 g/mol. The van der Waals surface area contributed by atoms with Crippen LogP contribution in [0.4, 0.5) is 27.6 Å². The first-order chi connectivity index (χ1) is 12.2. The summed E-state index contributed by atoms with van der Waals surface area (Å²) in [6.45, 7) is 0. The second-order valence-electron chi connectivity index (χ2n) is 5.51. The molecule has 0 atom stereocenters. The van der Waals surface area contributed by atoms with Crippen molar-refractivity contribution in [2.75, 3.05) is 5.73 Å². The number of anilines is 1. The molecule has 0 saturated carbocycles. The largest absolute Gasteiger partial charge is 0.454 e. The van der Waals surface area contributed by atoms with Crippen molar-refractivity contribution < 1.29 is 26.7 Å². The molecule has 3 aromatic carbocycles. The van der Waals surface area contributed by atoms with Crippen LogP contribution in [0.25, 0.3) is 11.1 Å². The van der Waals surface area contributed by atoms with Gasteiger partial charge < -0.3 is 10.5 Å². The average molecular weight is 365 g/mol. The smallest absolute Gasteiger partial charge is 0.416 e. The molecule has 0 unspecified atom stereocenters. The molecule has 0 aliphatic heterocycles.